The zero-order chi connectivity index (χ0) is 11.5. The normalized spacial score (nSPS) is 19.5. The molecule has 1 aliphatic rings. The van der Waals surface area contributed by atoms with Crippen LogP contribution in [0.1, 0.15) is 13.8 Å². The molecule has 0 aromatic rings. The van der Waals surface area contributed by atoms with E-state index in [4.69, 9.17) is 0 Å². The third kappa shape index (κ3) is 6.15. The van der Waals surface area contributed by atoms with Gasteiger partial charge in [-0.05, 0) is 27.9 Å². The van der Waals surface area contributed by atoms with E-state index in [2.05, 4.69) is 29.4 Å². The predicted octanol–water partition coefficient (Wildman–Crippen LogP) is 0.949. The van der Waals surface area contributed by atoms with Crippen LogP contribution in [0.5, 0.6) is 0 Å². The van der Waals surface area contributed by atoms with Crippen molar-refractivity contribution in [3.63, 3.8) is 0 Å². The van der Waals surface area contributed by atoms with Gasteiger partial charge in [-0.1, -0.05) is 0 Å². The molecule has 1 unspecified atom stereocenters. The SMILES string of the molecule is CN(C)C(C)(C)CNC(=O)C1CSCN1.Cl.Cl. The number of nitrogens with zero attached hydrogens (tertiary/aromatic N) is 1. The second-order valence-corrected chi connectivity index (χ2v) is 5.73. The van der Waals surface area contributed by atoms with Crippen LogP contribution in [-0.2, 0) is 4.79 Å². The van der Waals surface area contributed by atoms with E-state index in [1.54, 1.807) is 11.8 Å². The van der Waals surface area contributed by atoms with Crippen molar-refractivity contribution in [1.29, 1.82) is 0 Å². The van der Waals surface area contributed by atoms with Crippen LogP contribution in [0.15, 0.2) is 0 Å². The topological polar surface area (TPSA) is 44.4 Å². The third-order valence-electron chi connectivity index (χ3n) is 2.94. The largest absolute Gasteiger partial charge is 0.353 e. The van der Waals surface area contributed by atoms with Gasteiger partial charge in [0.25, 0.3) is 0 Å². The highest BCUT2D eigenvalue weighted by Gasteiger charge is 2.26. The van der Waals surface area contributed by atoms with Gasteiger partial charge in [0.2, 0.25) is 5.91 Å². The number of nitrogens with one attached hydrogen (secondary N) is 2. The average molecular weight is 304 g/mol. The molecule has 104 valence electrons. The Kier molecular flexibility index (Phi) is 9.74. The van der Waals surface area contributed by atoms with Crippen molar-refractivity contribution in [3.8, 4) is 0 Å². The maximum atomic E-state index is 11.7. The highest BCUT2D eigenvalue weighted by molar-refractivity contribution is 7.99. The summed E-state index contributed by atoms with van der Waals surface area (Å²) < 4.78 is 0. The Balaban J connectivity index is 0. The van der Waals surface area contributed by atoms with Crippen molar-refractivity contribution in [2.45, 2.75) is 25.4 Å². The summed E-state index contributed by atoms with van der Waals surface area (Å²) in [6.07, 6.45) is 0. The van der Waals surface area contributed by atoms with Gasteiger partial charge in [-0.2, -0.15) is 0 Å². The van der Waals surface area contributed by atoms with Crippen LogP contribution in [0, 0.1) is 0 Å². The van der Waals surface area contributed by atoms with Gasteiger partial charge in [-0.3, -0.25) is 10.1 Å². The molecule has 1 heterocycles. The highest BCUT2D eigenvalue weighted by Crippen LogP contribution is 2.11. The van der Waals surface area contributed by atoms with Gasteiger partial charge in [0, 0.05) is 23.7 Å². The number of halogens is 2. The van der Waals surface area contributed by atoms with E-state index in [0.717, 1.165) is 11.6 Å². The molecule has 0 aromatic carbocycles. The Hall–Kier alpha value is 0.320. The van der Waals surface area contributed by atoms with Gasteiger partial charge in [0.1, 0.15) is 0 Å². The highest BCUT2D eigenvalue weighted by atomic mass is 35.5. The molecule has 4 nitrogen and oxygen atoms in total. The number of carbonyl (C=O) groups is 1. The molecular weight excluding hydrogens is 281 g/mol. The maximum Gasteiger partial charge on any atom is 0.238 e. The molecule has 0 radical (unpaired) electrons. The first-order valence-electron chi connectivity index (χ1n) is 5.20. The summed E-state index contributed by atoms with van der Waals surface area (Å²) in [5.74, 6) is 1.89. The molecule has 1 saturated heterocycles. The summed E-state index contributed by atoms with van der Waals surface area (Å²) in [6.45, 7) is 4.91. The Labute approximate surface area is 120 Å². The Morgan fingerprint density at radius 3 is 2.47 bits per heavy atom. The Bertz CT molecular complexity index is 234. The zero-order valence-corrected chi connectivity index (χ0v) is 13.2. The molecule has 2 N–H and O–H groups in total. The van der Waals surface area contributed by atoms with E-state index in [-0.39, 0.29) is 42.3 Å². The van der Waals surface area contributed by atoms with Crippen LogP contribution in [0.2, 0.25) is 0 Å². The quantitative estimate of drug-likeness (QED) is 0.812. The Morgan fingerprint density at radius 1 is 1.47 bits per heavy atom. The number of amides is 1. The van der Waals surface area contributed by atoms with Crippen molar-refractivity contribution in [1.82, 2.24) is 15.5 Å². The maximum absolute atomic E-state index is 11.7. The first-order valence-corrected chi connectivity index (χ1v) is 6.35. The van der Waals surface area contributed by atoms with Crippen molar-refractivity contribution in [2.24, 2.45) is 0 Å². The molecule has 0 aliphatic carbocycles. The zero-order valence-electron chi connectivity index (χ0n) is 10.8. The van der Waals surface area contributed by atoms with Crippen molar-refractivity contribution in [2.75, 3.05) is 32.3 Å². The first kappa shape index (κ1) is 19.7. The van der Waals surface area contributed by atoms with Crippen molar-refractivity contribution >= 4 is 42.5 Å². The van der Waals surface area contributed by atoms with Crippen LogP contribution in [0.3, 0.4) is 0 Å². The van der Waals surface area contributed by atoms with E-state index in [0.29, 0.717) is 6.54 Å². The lowest BCUT2D eigenvalue weighted by Crippen LogP contribution is -2.51. The van der Waals surface area contributed by atoms with E-state index < -0.39 is 0 Å². The molecular formula is C10H23Cl2N3OS. The van der Waals surface area contributed by atoms with Gasteiger partial charge in [0.15, 0.2) is 0 Å². The summed E-state index contributed by atoms with van der Waals surface area (Å²) in [7, 11) is 4.05. The molecule has 0 aromatic heterocycles. The monoisotopic (exact) mass is 303 g/mol. The minimum atomic E-state index is -0.00652. The number of hydrogen-bond acceptors (Lipinski definition) is 4. The van der Waals surface area contributed by atoms with Crippen LogP contribution >= 0.6 is 36.6 Å². The summed E-state index contributed by atoms with van der Waals surface area (Å²) in [5.41, 5.74) is 0.00140. The van der Waals surface area contributed by atoms with Crippen LogP contribution in [0.25, 0.3) is 0 Å². The summed E-state index contributed by atoms with van der Waals surface area (Å²) in [5, 5.41) is 6.15. The van der Waals surface area contributed by atoms with E-state index in [9.17, 15) is 4.79 Å². The van der Waals surface area contributed by atoms with Crippen LogP contribution in [0.4, 0.5) is 0 Å². The van der Waals surface area contributed by atoms with Gasteiger partial charge in [-0.25, -0.2) is 0 Å². The molecule has 7 heteroatoms. The fourth-order valence-corrected chi connectivity index (χ4v) is 2.09. The van der Waals surface area contributed by atoms with Gasteiger partial charge < -0.3 is 10.2 Å². The predicted molar refractivity (Wildman–Crippen MR) is 79.5 cm³/mol. The first-order chi connectivity index (χ1) is 6.93. The molecule has 1 rings (SSSR count). The molecule has 1 atom stereocenters. The van der Waals surface area contributed by atoms with Crippen LogP contribution < -0.4 is 10.6 Å². The number of likely N-dealkylation sites (N-methyl/N-ethyl adjacent to an activating group) is 1. The lowest BCUT2D eigenvalue weighted by atomic mass is 10.0. The fraction of sp³-hybridized carbons (Fsp3) is 0.900. The smallest absolute Gasteiger partial charge is 0.238 e. The molecule has 0 bridgehead atoms. The van der Waals surface area contributed by atoms with Crippen molar-refractivity contribution in [3.05, 3.63) is 0 Å². The van der Waals surface area contributed by atoms with Gasteiger partial charge in [0.05, 0.1) is 6.04 Å². The number of hydrogen-bond donors (Lipinski definition) is 2. The third-order valence-corrected chi connectivity index (χ3v) is 3.88. The molecule has 1 aliphatic heterocycles. The van der Waals surface area contributed by atoms with Crippen LogP contribution in [-0.4, -0.2) is 54.7 Å². The second kappa shape index (κ2) is 8.43. The van der Waals surface area contributed by atoms with Gasteiger partial charge in [-0.15, -0.1) is 36.6 Å². The van der Waals surface area contributed by atoms with E-state index in [1.807, 2.05) is 14.1 Å². The lowest BCUT2D eigenvalue weighted by molar-refractivity contribution is -0.122. The number of carbonyl (C=O) groups excluding carboxylic acids is 1. The second-order valence-electron chi connectivity index (χ2n) is 4.70. The minimum absolute atomic E-state index is 0. The molecule has 17 heavy (non-hydrogen) atoms. The molecule has 1 amide bonds. The summed E-state index contributed by atoms with van der Waals surface area (Å²) >= 11 is 1.77. The van der Waals surface area contributed by atoms with E-state index >= 15 is 0 Å². The fourth-order valence-electron chi connectivity index (χ4n) is 1.15. The molecule has 1 fully saturated rings. The molecule has 0 saturated carbocycles. The average Bonchev–Trinajstić information content (AvgIpc) is 2.66. The standard InChI is InChI=1S/C10H21N3OS.2ClH/c1-10(2,13(3)4)6-11-9(14)8-5-15-7-12-8;;/h8,12H,5-7H2,1-4H3,(H,11,14);2*1H. The van der Waals surface area contributed by atoms with Gasteiger partial charge >= 0.3 is 0 Å². The lowest BCUT2D eigenvalue weighted by Gasteiger charge is -2.33. The number of rotatable bonds is 4. The number of thioether (sulfide) groups is 1. The summed E-state index contributed by atoms with van der Waals surface area (Å²) in [4.78, 5) is 13.8. The Morgan fingerprint density at radius 2 is 2.06 bits per heavy atom. The molecule has 0 spiro atoms. The van der Waals surface area contributed by atoms with Crippen molar-refractivity contribution < 1.29 is 4.79 Å². The minimum Gasteiger partial charge on any atom is -0.353 e. The summed E-state index contributed by atoms with van der Waals surface area (Å²) in [6, 6.07) is -0.00652. The van der Waals surface area contributed by atoms with E-state index in [1.165, 1.54) is 0 Å².